The summed E-state index contributed by atoms with van der Waals surface area (Å²) < 4.78 is 6.25. The van der Waals surface area contributed by atoms with Gasteiger partial charge in [-0.05, 0) is 44.4 Å². The van der Waals surface area contributed by atoms with Crippen LogP contribution in [0.25, 0.3) is 0 Å². The molecule has 0 N–H and O–H groups in total. The molecule has 1 aliphatic heterocycles. The maximum Gasteiger partial charge on any atom is 0.0712 e. The fourth-order valence-electron chi connectivity index (χ4n) is 2.65. The van der Waals surface area contributed by atoms with Gasteiger partial charge in [-0.3, -0.25) is 0 Å². The Bertz CT molecular complexity index is 179. The number of hydrogen-bond acceptors (Lipinski definition) is 1. The molecule has 2 rings (SSSR count). The molecule has 1 saturated heterocycles. The van der Waals surface area contributed by atoms with E-state index in [2.05, 4.69) is 22.9 Å². The molecule has 2 atom stereocenters. The third kappa shape index (κ3) is 1.94. The fraction of sp³-hybridized carbons (Fsp3) is 1.00. The van der Waals surface area contributed by atoms with Gasteiger partial charge < -0.3 is 4.74 Å². The lowest BCUT2D eigenvalue weighted by Crippen LogP contribution is -2.42. The highest BCUT2D eigenvalue weighted by Gasteiger charge is 2.47. The molecule has 0 radical (unpaired) electrons. The predicted molar refractivity (Wildman–Crippen MR) is 58.3 cm³/mol. The highest BCUT2D eigenvalue weighted by atomic mass is 79.9. The smallest absolute Gasteiger partial charge is 0.0712 e. The topological polar surface area (TPSA) is 9.23 Å². The van der Waals surface area contributed by atoms with Gasteiger partial charge in [0.15, 0.2) is 0 Å². The van der Waals surface area contributed by atoms with Gasteiger partial charge in [-0.15, -0.1) is 0 Å². The van der Waals surface area contributed by atoms with E-state index in [0.29, 0.717) is 6.10 Å². The summed E-state index contributed by atoms with van der Waals surface area (Å²) in [6, 6.07) is 0. The zero-order valence-corrected chi connectivity index (χ0v) is 9.98. The van der Waals surface area contributed by atoms with Crippen LogP contribution in [0.5, 0.6) is 0 Å². The average Bonchev–Trinajstić information content (AvgIpc) is 3.01. The van der Waals surface area contributed by atoms with Gasteiger partial charge >= 0.3 is 0 Å². The predicted octanol–water partition coefficient (Wildman–Crippen LogP) is 3.51. The minimum Gasteiger partial charge on any atom is -0.371 e. The maximum atomic E-state index is 6.25. The first-order valence-electron chi connectivity index (χ1n) is 5.54. The largest absolute Gasteiger partial charge is 0.371 e. The summed E-state index contributed by atoms with van der Waals surface area (Å²) in [6.45, 7) is 2.29. The first kappa shape index (κ1) is 9.97. The normalized spacial score (nSPS) is 40.6. The molecule has 2 heteroatoms. The van der Waals surface area contributed by atoms with E-state index in [-0.39, 0.29) is 5.60 Å². The van der Waals surface area contributed by atoms with Gasteiger partial charge in [0, 0.05) is 5.33 Å². The van der Waals surface area contributed by atoms with Crippen LogP contribution < -0.4 is 0 Å². The SMILES string of the molecule is CCC1(C2CC2)CCCC(CBr)O1. The number of alkyl halides is 1. The minimum absolute atomic E-state index is 0.274. The van der Waals surface area contributed by atoms with Crippen LogP contribution in [-0.4, -0.2) is 17.0 Å². The average molecular weight is 247 g/mol. The summed E-state index contributed by atoms with van der Waals surface area (Å²) in [5.74, 6) is 0.888. The summed E-state index contributed by atoms with van der Waals surface area (Å²) in [5.41, 5.74) is 0.274. The molecule has 2 aliphatic rings. The van der Waals surface area contributed by atoms with Crippen LogP contribution in [0.3, 0.4) is 0 Å². The lowest BCUT2D eigenvalue weighted by Gasteiger charge is -2.41. The molecule has 0 aromatic carbocycles. The Morgan fingerprint density at radius 2 is 2.15 bits per heavy atom. The molecule has 76 valence electrons. The highest BCUT2D eigenvalue weighted by molar-refractivity contribution is 9.09. The van der Waals surface area contributed by atoms with Crippen molar-refractivity contribution in [2.45, 2.75) is 57.2 Å². The number of rotatable bonds is 3. The molecule has 0 aromatic heterocycles. The Morgan fingerprint density at radius 3 is 2.69 bits per heavy atom. The molecule has 1 heterocycles. The Hall–Kier alpha value is 0.440. The lowest BCUT2D eigenvalue weighted by molar-refractivity contribution is -0.134. The number of hydrogen-bond donors (Lipinski definition) is 0. The van der Waals surface area contributed by atoms with E-state index in [0.717, 1.165) is 11.2 Å². The minimum atomic E-state index is 0.274. The lowest BCUT2D eigenvalue weighted by atomic mass is 9.85. The van der Waals surface area contributed by atoms with Crippen molar-refractivity contribution in [3.63, 3.8) is 0 Å². The van der Waals surface area contributed by atoms with E-state index >= 15 is 0 Å². The summed E-state index contributed by atoms with van der Waals surface area (Å²) in [4.78, 5) is 0. The Morgan fingerprint density at radius 1 is 1.38 bits per heavy atom. The van der Waals surface area contributed by atoms with Crippen molar-refractivity contribution in [2.24, 2.45) is 5.92 Å². The second-order valence-electron chi connectivity index (χ2n) is 4.48. The van der Waals surface area contributed by atoms with Crippen LogP contribution in [0, 0.1) is 5.92 Å². The van der Waals surface area contributed by atoms with Crippen molar-refractivity contribution in [1.29, 1.82) is 0 Å². The molecule has 13 heavy (non-hydrogen) atoms. The van der Waals surface area contributed by atoms with Crippen molar-refractivity contribution < 1.29 is 4.74 Å². The summed E-state index contributed by atoms with van der Waals surface area (Å²) in [6.07, 6.45) is 8.42. The van der Waals surface area contributed by atoms with Crippen LogP contribution in [0.2, 0.25) is 0 Å². The van der Waals surface area contributed by atoms with Gasteiger partial charge in [0.05, 0.1) is 11.7 Å². The summed E-state index contributed by atoms with van der Waals surface area (Å²) in [5, 5.41) is 1.02. The Kier molecular flexibility index (Phi) is 2.99. The molecule has 1 aliphatic carbocycles. The molecule has 2 fully saturated rings. The molecule has 0 spiro atoms. The van der Waals surface area contributed by atoms with Crippen LogP contribution in [0.1, 0.15) is 45.4 Å². The standard InChI is InChI=1S/C11H19BrO/c1-2-11(9-5-6-9)7-3-4-10(8-12)13-11/h9-10H,2-8H2,1H3. The van der Waals surface area contributed by atoms with E-state index in [1.54, 1.807) is 0 Å². The molecule has 0 bridgehead atoms. The van der Waals surface area contributed by atoms with Crippen molar-refractivity contribution in [1.82, 2.24) is 0 Å². The second-order valence-corrected chi connectivity index (χ2v) is 5.13. The maximum absolute atomic E-state index is 6.25. The third-order valence-electron chi connectivity index (χ3n) is 3.62. The third-order valence-corrected chi connectivity index (χ3v) is 4.34. The van der Waals surface area contributed by atoms with Crippen molar-refractivity contribution in [3.8, 4) is 0 Å². The van der Waals surface area contributed by atoms with Gasteiger partial charge in [0.2, 0.25) is 0 Å². The van der Waals surface area contributed by atoms with Gasteiger partial charge in [0.1, 0.15) is 0 Å². The van der Waals surface area contributed by atoms with E-state index in [1.165, 1.54) is 38.5 Å². The number of ether oxygens (including phenoxy) is 1. The van der Waals surface area contributed by atoms with E-state index in [4.69, 9.17) is 4.74 Å². The van der Waals surface area contributed by atoms with Crippen molar-refractivity contribution in [2.75, 3.05) is 5.33 Å². The summed E-state index contributed by atoms with van der Waals surface area (Å²) >= 11 is 3.54. The highest BCUT2D eigenvalue weighted by Crippen LogP contribution is 2.49. The molecule has 0 aromatic rings. The summed E-state index contributed by atoms with van der Waals surface area (Å²) in [7, 11) is 0. The van der Waals surface area contributed by atoms with E-state index in [1.807, 2.05) is 0 Å². The monoisotopic (exact) mass is 246 g/mol. The van der Waals surface area contributed by atoms with Gasteiger partial charge in [-0.25, -0.2) is 0 Å². The van der Waals surface area contributed by atoms with E-state index < -0.39 is 0 Å². The Labute approximate surface area is 89.4 Å². The zero-order chi connectivity index (χ0) is 9.31. The van der Waals surface area contributed by atoms with Gasteiger partial charge in [-0.1, -0.05) is 22.9 Å². The van der Waals surface area contributed by atoms with Crippen molar-refractivity contribution >= 4 is 15.9 Å². The quantitative estimate of drug-likeness (QED) is 0.693. The first-order valence-corrected chi connectivity index (χ1v) is 6.66. The molecule has 0 amide bonds. The molecular formula is C11H19BrO. The van der Waals surface area contributed by atoms with Crippen LogP contribution in [0.15, 0.2) is 0 Å². The number of halogens is 1. The molecule has 1 saturated carbocycles. The van der Waals surface area contributed by atoms with Crippen LogP contribution in [-0.2, 0) is 4.74 Å². The van der Waals surface area contributed by atoms with Crippen molar-refractivity contribution in [3.05, 3.63) is 0 Å². The van der Waals surface area contributed by atoms with Crippen LogP contribution in [0.4, 0.5) is 0 Å². The molecule has 1 nitrogen and oxygen atoms in total. The Balaban J connectivity index is 2.01. The molecule has 2 unspecified atom stereocenters. The zero-order valence-electron chi connectivity index (χ0n) is 8.39. The first-order chi connectivity index (χ1) is 6.30. The van der Waals surface area contributed by atoms with E-state index in [9.17, 15) is 0 Å². The van der Waals surface area contributed by atoms with Gasteiger partial charge in [-0.2, -0.15) is 0 Å². The second kappa shape index (κ2) is 3.90. The van der Waals surface area contributed by atoms with Gasteiger partial charge in [0.25, 0.3) is 0 Å². The van der Waals surface area contributed by atoms with Crippen LogP contribution >= 0.6 is 15.9 Å². The molecular weight excluding hydrogens is 228 g/mol. The fourth-order valence-corrected chi connectivity index (χ4v) is 3.10.